The predicted octanol–water partition coefficient (Wildman–Crippen LogP) is -0.593. The average molecular weight is 282 g/mol. The molecule has 0 aromatic carbocycles. The first-order valence-corrected chi connectivity index (χ1v) is 7.37. The number of carbonyl (C=O) groups excluding carboxylic acids is 2. The van der Waals surface area contributed by atoms with Crippen molar-refractivity contribution in [2.24, 2.45) is 0 Å². The molecular formula is C14H26N4O2. The molecule has 20 heavy (non-hydrogen) atoms. The molecule has 6 heteroatoms. The van der Waals surface area contributed by atoms with E-state index in [9.17, 15) is 9.59 Å². The summed E-state index contributed by atoms with van der Waals surface area (Å²) in [5.41, 5.74) is -0.0228. The van der Waals surface area contributed by atoms with Crippen molar-refractivity contribution in [2.75, 3.05) is 39.8 Å². The first kappa shape index (κ1) is 15.3. The SMILES string of the molecule is CN(CC(=O)NC1CC1)C(=O)CN1CCNCC1(C)C. The lowest BCUT2D eigenvalue weighted by Gasteiger charge is -2.42. The van der Waals surface area contributed by atoms with Gasteiger partial charge in [-0.1, -0.05) is 0 Å². The summed E-state index contributed by atoms with van der Waals surface area (Å²) < 4.78 is 0. The molecule has 2 N–H and O–H groups in total. The lowest BCUT2D eigenvalue weighted by Crippen LogP contribution is -2.60. The highest BCUT2D eigenvalue weighted by Gasteiger charge is 2.32. The van der Waals surface area contributed by atoms with Crippen molar-refractivity contribution in [1.29, 1.82) is 0 Å². The van der Waals surface area contributed by atoms with Gasteiger partial charge in [-0.15, -0.1) is 0 Å². The molecule has 0 spiro atoms. The van der Waals surface area contributed by atoms with Gasteiger partial charge in [0.2, 0.25) is 11.8 Å². The van der Waals surface area contributed by atoms with Crippen LogP contribution in [0.15, 0.2) is 0 Å². The van der Waals surface area contributed by atoms with Crippen LogP contribution in [0.1, 0.15) is 26.7 Å². The molecule has 0 radical (unpaired) electrons. The molecule has 2 amide bonds. The normalized spacial score (nSPS) is 22.4. The molecular weight excluding hydrogens is 256 g/mol. The number of nitrogens with one attached hydrogen (secondary N) is 2. The molecule has 0 atom stereocenters. The number of hydrogen-bond donors (Lipinski definition) is 2. The predicted molar refractivity (Wildman–Crippen MR) is 77.3 cm³/mol. The summed E-state index contributed by atoms with van der Waals surface area (Å²) in [6, 6.07) is 0.345. The summed E-state index contributed by atoms with van der Waals surface area (Å²) in [5.74, 6) is -0.0474. The van der Waals surface area contributed by atoms with Gasteiger partial charge in [0.1, 0.15) is 0 Å². The van der Waals surface area contributed by atoms with E-state index in [1.165, 1.54) is 4.90 Å². The van der Waals surface area contributed by atoms with Gasteiger partial charge < -0.3 is 15.5 Å². The smallest absolute Gasteiger partial charge is 0.239 e. The van der Waals surface area contributed by atoms with Crippen LogP contribution in [0.2, 0.25) is 0 Å². The van der Waals surface area contributed by atoms with Gasteiger partial charge in [0, 0.05) is 38.3 Å². The van der Waals surface area contributed by atoms with E-state index >= 15 is 0 Å². The van der Waals surface area contributed by atoms with Gasteiger partial charge in [0.25, 0.3) is 0 Å². The Kier molecular flexibility index (Phi) is 4.65. The van der Waals surface area contributed by atoms with E-state index in [0.717, 1.165) is 32.5 Å². The lowest BCUT2D eigenvalue weighted by atomic mass is 10.0. The van der Waals surface area contributed by atoms with Crippen LogP contribution < -0.4 is 10.6 Å². The van der Waals surface area contributed by atoms with Crippen LogP contribution in [0.5, 0.6) is 0 Å². The second-order valence-corrected chi connectivity index (χ2v) is 6.50. The van der Waals surface area contributed by atoms with Crippen molar-refractivity contribution in [3.63, 3.8) is 0 Å². The Hall–Kier alpha value is -1.14. The third-order valence-electron chi connectivity index (χ3n) is 4.05. The summed E-state index contributed by atoms with van der Waals surface area (Å²) in [5, 5.41) is 6.24. The summed E-state index contributed by atoms with van der Waals surface area (Å²) in [4.78, 5) is 27.6. The molecule has 2 aliphatic rings. The maximum absolute atomic E-state index is 12.2. The quantitative estimate of drug-likeness (QED) is 0.707. The molecule has 2 rings (SSSR count). The first-order valence-electron chi connectivity index (χ1n) is 7.37. The Bertz CT molecular complexity index is 379. The second kappa shape index (κ2) is 6.10. The van der Waals surface area contributed by atoms with Crippen LogP contribution in [0, 0.1) is 0 Å². The zero-order valence-electron chi connectivity index (χ0n) is 12.7. The summed E-state index contributed by atoms with van der Waals surface area (Å²) >= 11 is 0. The average Bonchev–Trinajstić information content (AvgIpc) is 3.15. The molecule has 0 aromatic heterocycles. The van der Waals surface area contributed by atoms with Gasteiger partial charge in [-0.2, -0.15) is 0 Å². The van der Waals surface area contributed by atoms with Crippen molar-refractivity contribution in [3.05, 3.63) is 0 Å². The number of hydrogen-bond acceptors (Lipinski definition) is 4. The summed E-state index contributed by atoms with van der Waals surface area (Å²) in [7, 11) is 1.70. The van der Waals surface area contributed by atoms with E-state index in [-0.39, 0.29) is 23.9 Å². The van der Waals surface area contributed by atoms with Gasteiger partial charge in [-0.05, 0) is 26.7 Å². The maximum Gasteiger partial charge on any atom is 0.239 e. The zero-order chi connectivity index (χ0) is 14.8. The van der Waals surface area contributed by atoms with Gasteiger partial charge in [-0.3, -0.25) is 14.5 Å². The Balaban J connectivity index is 1.78. The van der Waals surface area contributed by atoms with E-state index in [2.05, 4.69) is 29.4 Å². The van der Waals surface area contributed by atoms with Crippen LogP contribution in [-0.4, -0.2) is 73.0 Å². The zero-order valence-corrected chi connectivity index (χ0v) is 12.7. The highest BCUT2D eigenvalue weighted by Crippen LogP contribution is 2.18. The number of likely N-dealkylation sites (N-methyl/N-ethyl adjacent to an activating group) is 1. The van der Waals surface area contributed by atoms with E-state index < -0.39 is 0 Å². The van der Waals surface area contributed by atoms with Crippen LogP contribution in [0.4, 0.5) is 0 Å². The van der Waals surface area contributed by atoms with Crippen molar-refractivity contribution in [1.82, 2.24) is 20.4 Å². The number of rotatable bonds is 5. The molecule has 1 saturated heterocycles. The minimum Gasteiger partial charge on any atom is -0.352 e. The Morgan fingerprint density at radius 1 is 1.40 bits per heavy atom. The van der Waals surface area contributed by atoms with Crippen molar-refractivity contribution >= 4 is 11.8 Å². The topological polar surface area (TPSA) is 64.7 Å². The molecule has 6 nitrogen and oxygen atoms in total. The number of piperazine rings is 1. The fraction of sp³-hybridized carbons (Fsp3) is 0.857. The van der Waals surface area contributed by atoms with Gasteiger partial charge in [0.15, 0.2) is 0 Å². The molecule has 114 valence electrons. The Morgan fingerprint density at radius 3 is 2.70 bits per heavy atom. The van der Waals surface area contributed by atoms with E-state index in [1.54, 1.807) is 7.05 Å². The van der Waals surface area contributed by atoms with Crippen LogP contribution in [-0.2, 0) is 9.59 Å². The highest BCUT2D eigenvalue weighted by atomic mass is 16.2. The standard InChI is InChI=1S/C14H26N4O2/c1-14(2)10-15-6-7-18(14)9-13(20)17(3)8-12(19)16-11-4-5-11/h11,15H,4-10H2,1-3H3,(H,16,19). The molecule has 1 saturated carbocycles. The monoisotopic (exact) mass is 282 g/mol. The number of nitrogens with zero attached hydrogens (tertiary/aromatic N) is 2. The van der Waals surface area contributed by atoms with E-state index in [1.807, 2.05) is 0 Å². The number of carbonyl (C=O) groups is 2. The maximum atomic E-state index is 12.2. The van der Waals surface area contributed by atoms with E-state index in [0.29, 0.717) is 12.6 Å². The summed E-state index contributed by atoms with van der Waals surface area (Å²) in [6.07, 6.45) is 2.14. The van der Waals surface area contributed by atoms with Crippen LogP contribution >= 0.6 is 0 Å². The Morgan fingerprint density at radius 2 is 2.10 bits per heavy atom. The minimum atomic E-state index is -0.0529. The highest BCUT2D eigenvalue weighted by molar-refractivity contribution is 5.85. The largest absolute Gasteiger partial charge is 0.352 e. The van der Waals surface area contributed by atoms with Gasteiger partial charge in [0.05, 0.1) is 13.1 Å². The second-order valence-electron chi connectivity index (χ2n) is 6.50. The molecule has 1 aliphatic heterocycles. The first-order chi connectivity index (χ1) is 9.38. The van der Waals surface area contributed by atoms with Gasteiger partial charge in [-0.25, -0.2) is 0 Å². The fourth-order valence-corrected chi connectivity index (χ4v) is 2.40. The lowest BCUT2D eigenvalue weighted by molar-refractivity contribution is -0.137. The van der Waals surface area contributed by atoms with Crippen molar-refractivity contribution in [3.8, 4) is 0 Å². The van der Waals surface area contributed by atoms with Crippen molar-refractivity contribution < 1.29 is 9.59 Å². The van der Waals surface area contributed by atoms with Gasteiger partial charge >= 0.3 is 0 Å². The summed E-state index contributed by atoms with van der Waals surface area (Å²) in [6.45, 7) is 7.44. The van der Waals surface area contributed by atoms with Crippen LogP contribution in [0.25, 0.3) is 0 Å². The molecule has 0 bridgehead atoms. The van der Waals surface area contributed by atoms with Crippen molar-refractivity contribution in [2.45, 2.75) is 38.3 Å². The molecule has 0 aromatic rings. The third kappa shape index (κ3) is 4.18. The molecule has 0 unspecified atom stereocenters. The number of amides is 2. The molecule has 2 fully saturated rings. The van der Waals surface area contributed by atoms with Crippen LogP contribution in [0.3, 0.4) is 0 Å². The minimum absolute atomic E-state index is 0.00548. The molecule has 1 heterocycles. The third-order valence-corrected chi connectivity index (χ3v) is 4.05. The molecule has 1 aliphatic carbocycles. The Labute approximate surface area is 120 Å². The van der Waals surface area contributed by atoms with E-state index in [4.69, 9.17) is 0 Å². The fourth-order valence-electron chi connectivity index (χ4n) is 2.40.